The Morgan fingerprint density at radius 2 is 2.04 bits per heavy atom. The fraction of sp³-hybridized carbons (Fsp3) is 0.389. The van der Waals surface area contributed by atoms with Gasteiger partial charge in [-0.25, -0.2) is 4.68 Å². The lowest BCUT2D eigenvalue weighted by atomic mass is 10.1. The third kappa shape index (κ3) is 3.04. The zero-order valence-corrected chi connectivity index (χ0v) is 14.3. The third-order valence-corrected chi connectivity index (χ3v) is 4.32. The Morgan fingerprint density at radius 3 is 2.75 bits per heavy atom. The van der Waals surface area contributed by atoms with Gasteiger partial charge in [0.05, 0.1) is 12.2 Å². The summed E-state index contributed by atoms with van der Waals surface area (Å²) in [6, 6.07) is 11.1. The average molecular weight is 326 g/mol. The summed E-state index contributed by atoms with van der Waals surface area (Å²) in [4.78, 5) is 28.5. The molecule has 1 atom stereocenters. The van der Waals surface area contributed by atoms with Crippen LogP contribution >= 0.6 is 0 Å². The van der Waals surface area contributed by atoms with E-state index in [9.17, 15) is 9.59 Å². The fourth-order valence-electron chi connectivity index (χ4n) is 3.12. The normalized spacial score (nSPS) is 15.1. The summed E-state index contributed by atoms with van der Waals surface area (Å²) < 4.78 is 1.80. The number of hydrogen-bond donors (Lipinski definition) is 0. The van der Waals surface area contributed by atoms with Gasteiger partial charge in [0.1, 0.15) is 11.9 Å². The van der Waals surface area contributed by atoms with Crippen LogP contribution in [0.25, 0.3) is 0 Å². The van der Waals surface area contributed by atoms with Crippen molar-refractivity contribution < 1.29 is 9.59 Å². The Bertz CT molecular complexity index is 754. The maximum Gasteiger partial charge on any atom is 0.245 e. The van der Waals surface area contributed by atoms with Gasteiger partial charge in [0.25, 0.3) is 0 Å². The molecule has 1 aromatic carbocycles. The number of hydrogen-bond acceptors (Lipinski definition) is 3. The van der Waals surface area contributed by atoms with Gasteiger partial charge in [-0.15, -0.1) is 0 Å². The minimum atomic E-state index is -0.554. The minimum Gasteiger partial charge on any atom is -0.340 e. The zero-order valence-electron chi connectivity index (χ0n) is 14.3. The number of anilines is 1. The lowest BCUT2D eigenvalue weighted by Gasteiger charge is -2.34. The van der Waals surface area contributed by atoms with Crippen molar-refractivity contribution in [2.45, 2.75) is 39.4 Å². The molecular weight excluding hydrogens is 304 g/mol. The number of carbonyl (C=O) groups is 2. The van der Waals surface area contributed by atoms with Crippen molar-refractivity contribution in [2.24, 2.45) is 0 Å². The first-order valence-electron chi connectivity index (χ1n) is 8.13. The largest absolute Gasteiger partial charge is 0.340 e. The van der Waals surface area contributed by atoms with Crippen LogP contribution in [0, 0.1) is 6.92 Å². The molecule has 2 amide bonds. The number of rotatable bonds is 4. The predicted molar refractivity (Wildman–Crippen MR) is 91.4 cm³/mol. The molecule has 0 bridgehead atoms. The van der Waals surface area contributed by atoms with E-state index in [4.69, 9.17) is 0 Å². The summed E-state index contributed by atoms with van der Waals surface area (Å²) in [5, 5.41) is 4.39. The van der Waals surface area contributed by atoms with Crippen molar-refractivity contribution >= 4 is 17.6 Å². The topological polar surface area (TPSA) is 58.4 Å². The first-order chi connectivity index (χ1) is 11.5. The van der Waals surface area contributed by atoms with Gasteiger partial charge in [-0.1, -0.05) is 30.3 Å². The Hall–Kier alpha value is -2.63. The van der Waals surface area contributed by atoms with Crippen molar-refractivity contribution in [3.63, 3.8) is 0 Å². The molecule has 0 radical (unpaired) electrons. The molecule has 2 heterocycles. The highest BCUT2D eigenvalue weighted by Gasteiger charge is 2.34. The maximum atomic E-state index is 12.8. The van der Waals surface area contributed by atoms with Crippen LogP contribution in [0.4, 0.5) is 5.82 Å². The van der Waals surface area contributed by atoms with Gasteiger partial charge in [0.15, 0.2) is 0 Å². The predicted octanol–water partition coefficient (Wildman–Crippen LogP) is 1.98. The number of nitrogens with zero attached hydrogens (tertiary/aromatic N) is 4. The van der Waals surface area contributed by atoms with Crippen LogP contribution in [0.3, 0.4) is 0 Å². The molecule has 0 saturated heterocycles. The molecule has 0 spiro atoms. The first kappa shape index (κ1) is 16.2. The lowest BCUT2D eigenvalue weighted by molar-refractivity contribution is -0.133. The minimum absolute atomic E-state index is 0.0311. The number of aromatic nitrogens is 2. The van der Waals surface area contributed by atoms with E-state index in [-0.39, 0.29) is 11.8 Å². The number of carbonyl (C=O) groups excluding carboxylic acids is 2. The summed E-state index contributed by atoms with van der Waals surface area (Å²) >= 11 is 0. The lowest BCUT2D eigenvalue weighted by Crippen LogP contribution is -2.51. The molecule has 126 valence electrons. The molecule has 0 fully saturated rings. The fourth-order valence-corrected chi connectivity index (χ4v) is 3.12. The second-order valence-corrected chi connectivity index (χ2v) is 6.24. The van der Waals surface area contributed by atoms with Crippen LogP contribution in [0.2, 0.25) is 0 Å². The molecule has 1 aliphatic heterocycles. The average Bonchev–Trinajstić information content (AvgIpc) is 2.94. The highest BCUT2D eigenvalue weighted by atomic mass is 16.2. The van der Waals surface area contributed by atoms with Crippen LogP contribution in [0.1, 0.15) is 24.6 Å². The first-order valence-corrected chi connectivity index (χ1v) is 8.13. The molecule has 3 rings (SSSR count). The Kier molecular flexibility index (Phi) is 4.38. The SMILES string of the molecule is Cc1cc2n(n1)CCC(=O)N2C(C)C(=O)N(C)Cc1ccccc1. The van der Waals surface area contributed by atoms with E-state index in [1.807, 2.05) is 43.3 Å². The summed E-state index contributed by atoms with van der Waals surface area (Å²) in [7, 11) is 1.77. The van der Waals surface area contributed by atoms with Crippen LogP contribution < -0.4 is 4.90 Å². The van der Waals surface area contributed by atoms with E-state index in [1.54, 1.807) is 28.5 Å². The van der Waals surface area contributed by atoms with E-state index >= 15 is 0 Å². The second kappa shape index (κ2) is 6.47. The molecule has 6 heteroatoms. The van der Waals surface area contributed by atoms with Crippen molar-refractivity contribution in [3.8, 4) is 0 Å². The van der Waals surface area contributed by atoms with Gasteiger partial charge in [0, 0.05) is 26.1 Å². The third-order valence-electron chi connectivity index (χ3n) is 4.32. The van der Waals surface area contributed by atoms with E-state index in [0.29, 0.717) is 25.3 Å². The zero-order chi connectivity index (χ0) is 17.3. The standard InChI is InChI=1S/C18H22N4O2/c1-13-11-16-21(19-13)10-9-17(23)22(16)14(2)18(24)20(3)12-15-7-5-4-6-8-15/h4-8,11,14H,9-10,12H2,1-3H3. The van der Waals surface area contributed by atoms with E-state index in [0.717, 1.165) is 11.3 Å². The molecule has 24 heavy (non-hydrogen) atoms. The molecule has 2 aromatic rings. The molecule has 0 saturated carbocycles. The molecule has 1 aliphatic rings. The second-order valence-electron chi connectivity index (χ2n) is 6.24. The number of aryl methyl sites for hydroxylation is 2. The van der Waals surface area contributed by atoms with Crippen molar-refractivity contribution in [3.05, 3.63) is 47.7 Å². The van der Waals surface area contributed by atoms with E-state index < -0.39 is 6.04 Å². The monoisotopic (exact) mass is 326 g/mol. The Morgan fingerprint density at radius 1 is 1.33 bits per heavy atom. The van der Waals surface area contributed by atoms with Gasteiger partial charge in [0.2, 0.25) is 11.8 Å². The maximum absolute atomic E-state index is 12.8. The van der Waals surface area contributed by atoms with Crippen molar-refractivity contribution in [2.75, 3.05) is 11.9 Å². The van der Waals surface area contributed by atoms with Gasteiger partial charge in [-0.3, -0.25) is 14.5 Å². The van der Waals surface area contributed by atoms with Crippen molar-refractivity contribution in [1.82, 2.24) is 14.7 Å². The summed E-state index contributed by atoms with van der Waals surface area (Å²) in [6.45, 7) is 4.76. The highest BCUT2D eigenvalue weighted by Crippen LogP contribution is 2.25. The number of benzene rings is 1. The highest BCUT2D eigenvalue weighted by molar-refractivity contribution is 6.00. The summed E-state index contributed by atoms with van der Waals surface area (Å²) in [6.07, 6.45) is 0.369. The summed E-state index contributed by atoms with van der Waals surface area (Å²) in [5.74, 6) is 0.591. The van der Waals surface area contributed by atoms with Crippen LogP contribution in [-0.4, -0.2) is 39.6 Å². The van der Waals surface area contributed by atoms with Gasteiger partial charge in [-0.05, 0) is 19.4 Å². The molecular formula is C18H22N4O2. The van der Waals surface area contributed by atoms with E-state index in [2.05, 4.69) is 5.10 Å². The summed E-state index contributed by atoms with van der Waals surface area (Å²) in [5.41, 5.74) is 1.91. The number of amides is 2. The van der Waals surface area contributed by atoms with Gasteiger partial charge < -0.3 is 4.90 Å². The van der Waals surface area contributed by atoms with Crippen molar-refractivity contribution in [1.29, 1.82) is 0 Å². The van der Waals surface area contributed by atoms with Gasteiger partial charge in [-0.2, -0.15) is 5.10 Å². The molecule has 1 unspecified atom stereocenters. The molecule has 0 N–H and O–H groups in total. The van der Waals surface area contributed by atoms with Crippen LogP contribution in [0.15, 0.2) is 36.4 Å². The Labute approximate surface area is 141 Å². The number of likely N-dealkylation sites (N-methyl/N-ethyl adjacent to an activating group) is 1. The van der Waals surface area contributed by atoms with E-state index in [1.165, 1.54) is 0 Å². The quantitative estimate of drug-likeness (QED) is 0.863. The number of fused-ring (bicyclic) bond motifs is 1. The van der Waals surface area contributed by atoms with Crippen LogP contribution in [-0.2, 0) is 22.7 Å². The van der Waals surface area contributed by atoms with Gasteiger partial charge >= 0.3 is 0 Å². The molecule has 1 aromatic heterocycles. The molecule has 0 aliphatic carbocycles. The molecule has 6 nitrogen and oxygen atoms in total. The van der Waals surface area contributed by atoms with Crippen LogP contribution in [0.5, 0.6) is 0 Å². The Balaban J connectivity index is 1.79. The smallest absolute Gasteiger partial charge is 0.245 e.